The van der Waals surface area contributed by atoms with Crippen LogP contribution in [0.15, 0.2) is 16.9 Å². The minimum Gasteiger partial charge on any atom is -0.494 e. The maximum absolute atomic E-state index is 13.8. The molecule has 1 aromatic carbocycles. The molecular formula is C9H5BrClFN2O. The van der Waals surface area contributed by atoms with E-state index in [0.29, 0.717) is 9.99 Å². The summed E-state index contributed by atoms with van der Waals surface area (Å²) in [5.41, 5.74) is 0.424. The van der Waals surface area contributed by atoms with Crippen LogP contribution in [0.1, 0.15) is 0 Å². The van der Waals surface area contributed by atoms with Gasteiger partial charge in [-0.2, -0.15) is 0 Å². The fraction of sp³-hybridized carbons (Fsp3) is 0.111. The average Bonchev–Trinajstić information content (AvgIpc) is 2.23. The predicted octanol–water partition coefficient (Wildman–Crippen LogP) is 3.19. The summed E-state index contributed by atoms with van der Waals surface area (Å²) in [6.07, 6.45) is 1.28. The van der Waals surface area contributed by atoms with Crippen molar-refractivity contribution in [1.82, 2.24) is 9.97 Å². The van der Waals surface area contributed by atoms with Gasteiger partial charge in [0.1, 0.15) is 11.5 Å². The molecule has 0 spiro atoms. The molecule has 1 aromatic heterocycles. The molecule has 0 fully saturated rings. The topological polar surface area (TPSA) is 35.0 Å². The Balaban J connectivity index is 2.95. The third-order valence-electron chi connectivity index (χ3n) is 1.94. The van der Waals surface area contributed by atoms with E-state index in [0.717, 1.165) is 0 Å². The molecule has 0 N–H and O–H groups in total. The van der Waals surface area contributed by atoms with Crippen molar-refractivity contribution in [3.8, 4) is 5.75 Å². The van der Waals surface area contributed by atoms with Crippen LogP contribution >= 0.6 is 27.5 Å². The van der Waals surface area contributed by atoms with Crippen molar-refractivity contribution in [2.24, 2.45) is 0 Å². The maximum atomic E-state index is 13.8. The number of aromatic nitrogens is 2. The molecule has 15 heavy (non-hydrogen) atoms. The number of hydrogen-bond acceptors (Lipinski definition) is 3. The highest BCUT2D eigenvalue weighted by molar-refractivity contribution is 9.10. The molecule has 0 atom stereocenters. The minimum absolute atomic E-state index is 0.0668. The molecule has 0 aliphatic carbocycles. The van der Waals surface area contributed by atoms with E-state index in [2.05, 4.69) is 25.9 Å². The third-order valence-corrected chi connectivity index (χ3v) is 2.83. The normalized spacial score (nSPS) is 10.7. The van der Waals surface area contributed by atoms with Gasteiger partial charge in [-0.1, -0.05) is 11.6 Å². The summed E-state index contributed by atoms with van der Waals surface area (Å²) >= 11 is 9.06. The van der Waals surface area contributed by atoms with Gasteiger partial charge in [-0.05, 0) is 22.0 Å². The molecular weight excluding hydrogens is 286 g/mol. The molecule has 6 heteroatoms. The van der Waals surface area contributed by atoms with Crippen molar-refractivity contribution in [2.75, 3.05) is 7.11 Å². The van der Waals surface area contributed by atoms with E-state index >= 15 is 0 Å². The fourth-order valence-corrected chi connectivity index (χ4v) is 1.98. The number of rotatable bonds is 1. The fourth-order valence-electron chi connectivity index (χ4n) is 1.26. The van der Waals surface area contributed by atoms with Crippen LogP contribution in [0.25, 0.3) is 10.9 Å². The van der Waals surface area contributed by atoms with Crippen LogP contribution in [0.3, 0.4) is 0 Å². The number of nitrogens with zero attached hydrogens (tertiary/aromatic N) is 2. The van der Waals surface area contributed by atoms with E-state index < -0.39 is 5.82 Å². The predicted molar refractivity (Wildman–Crippen MR) is 58.8 cm³/mol. The first-order valence-corrected chi connectivity index (χ1v) is 5.14. The minimum atomic E-state index is -0.554. The van der Waals surface area contributed by atoms with Gasteiger partial charge in [0.05, 0.1) is 18.0 Å². The lowest BCUT2D eigenvalue weighted by Crippen LogP contribution is -1.94. The van der Waals surface area contributed by atoms with Crippen LogP contribution < -0.4 is 4.74 Å². The summed E-state index contributed by atoms with van der Waals surface area (Å²) in [6, 6.07) is 1.50. The van der Waals surface area contributed by atoms with E-state index in [1.165, 1.54) is 19.5 Å². The summed E-state index contributed by atoms with van der Waals surface area (Å²) in [6.45, 7) is 0. The summed E-state index contributed by atoms with van der Waals surface area (Å²) in [5.74, 6) is -0.452. The SMILES string of the molecule is COc1cc(Br)c2ncnc(Cl)c2c1F. The van der Waals surface area contributed by atoms with E-state index in [4.69, 9.17) is 16.3 Å². The smallest absolute Gasteiger partial charge is 0.177 e. The number of ether oxygens (including phenoxy) is 1. The molecule has 0 amide bonds. The summed E-state index contributed by atoms with van der Waals surface area (Å²) in [7, 11) is 1.38. The molecule has 0 saturated heterocycles. The van der Waals surface area contributed by atoms with Gasteiger partial charge in [0.2, 0.25) is 0 Å². The third kappa shape index (κ3) is 1.66. The Labute approximate surface area is 98.4 Å². The largest absolute Gasteiger partial charge is 0.494 e. The van der Waals surface area contributed by atoms with Gasteiger partial charge >= 0.3 is 0 Å². The second-order valence-electron chi connectivity index (χ2n) is 2.76. The molecule has 0 aliphatic heterocycles. The van der Waals surface area contributed by atoms with E-state index in [9.17, 15) is 4.39 Å². The zero-order chi connectivity index (χ0) is 11.0. The van der Waals surface area contributed by atoms with Crippen molar-refractivity contribution in [1.29, 1.82) is 0 Å². The molecule has 2 rings (SSSR count). The Morgan fingerprint density at radius 2 is 2.20 bits per heavy atom. The zero-order valence-electron chi connectivity index (χ0n) is 7.59. The molecule has 0 aliphatic rings. The number of benzene rings is 1. The number of hydrogen-bond donors (Lipinski definition) is 0. The molecule has 0 unspecified atom stereocenters. The Morgan fingerprint density at radius 3 is 2.87 bits per heavy atom. The quantitative estimate of drug-likeness (QED) is 0.757. The zero-order valence-corrected chi connectivity index (χ0v) is 9.93. The van der Waals surface area contributed by atoms with Gasteiger partial charge in [-0.3, -0.25) is 0 Å². The number of fused-ring (bicyclic) bond motifs is 1. The molecule has 2 aromatic rings. The maximum Gasteiger partial charge on any atom is 0.177 e. The first-order chi connectivity index (χ1) is 7.15. The van der Waals surface area contributed by atoms with Crippen LogP contribution in [-0.4, -0.2) is 17.1 Å². The highest BCUT2D eigenvalue weighted by Crippen LogP contribution is 2.34. The Hall–Kier alpha value is -0.940. The van der Waals surface area contributed by atoms with Crippen LogP contribution in [-0.2, 0) is 0 Å². The van der Waals surface area contributed by atoms with Crippen LogP contribution in [0, 0.1) is 5.82 Å². The van der Waals surface area contributed by atoms with E-state index in [-0.39, 0.29) is 16.3 Å². The van der Waals surface area contributed by atoms with Crippen LogP contribution in [0.4, 0.5) is 4.39 Å². The molecule has 3 nitrogen and oxygen atoms in total. The molecule has 1 heterocycles. The average molecular weight is 292 g/mol. The Morgan fingerprint density at radius 1 is 1.47 bits per heavy atom. The van der Waals surface area contributed by atoms with Crippen LogP contribution in [0.2, 0.25) is 5.15 Å². The van der Waals surface area contributed by atoms with Crippen molar-refractivity contribution in [3.63, 3.8) is 0 Å². The molecule has 0 radical (unpaired) electrons. The number of methoxy groups -OCH3 is 1. The lowest BCUT2D eigenvalue weighted by Gasteiger charge is -2.07. The molecule has 78 valence electrons. The van der Waals surface area contributed by atoms with E-state index in [1.807, 2.05) is 0 Å². The van der Waals surface area contributed by atoms with Crippen molar-refractivity contribution in [3.05, 3.63) is 27.8 Å². The van der Waals surface area contributed by atoms with Gasteiger partial charge in [-0.25, -0.2) is 14.4 Å². The molecule has 0 saturated carbocycles. The lowest BCUT2D eigenvalue weighted by atomic mass is 10.2. The monoisotopic (exact) mass is 290 g/mol. The van der Waals surface area contributed by atoms with Gasteiger partial charge in [-0.15, -0.1) is 0 Å². The van der Waals surface area contributed by atoms with E-state index in [1.54, 1.807) is 0 Å². The second kappa shape index (κ2) is 3.90. The molecule has 0 bridgehead atoms. The summed E-state index contributed by atoms with van der Waals surface area (Å²) in [4.78, 5) is 7.66. The van der Waals surface area contributed by atoms with Gasteiger partial charge in [0.25, 0.3) is 0 Å². The Bertz CT molecular complexity index is 535. The highest BCUT2D eigenvalue weighted by Gasteiger charge is 2.15. The first-order valence-electron chi connectivity index (χ1n) is 3.97. The van der Waals surface area contributed by atoms with Crippen molar-refractivity contribution in [2.45, 2.75) is 0 Å². The second-order valence-corrected chi connectivity index (χ2v) is 3.98. The van der Waals surface area contributed by atoms with Crippen molar-refractivity contribution >= 4 is 38.4 Å². The van der Waals surface area contributed by atoms with Gasteiger partial charge in [0.15, 0.2) is 11.6 Å². The van der Waals surface area contributed by atoms with Gasteiger partial charge < -0.3 is 4.74 Å². The lowest BCUT2D eigenvalue weighted by molar-refractivity contribution is 0.388. The summed E-state index contributed by atoms with van der Waals surface area (Å²) in [5, 5.41) is 0.225. The van der Waals surface area contributed by atoms with Gasteiger partial charge in [0, 0.05) is 4.47 Å². The number of halogens is 3. The summed E-state index contributed by atoms with van der Waals surface area (Å²) < 4.78 is 19.3. The highest BCUT2D eigenvalue weighted by atomic mass is 79.9. The first kappa shape index (κ1) is 10.6. The van der Waals surface area contributed by atoms with Crippen molar-refractivity contribution < 1.29 is 9.13 Å². The Kier molecular flexibility index (Phi) is 2.75. The van der Waals surface area contributed by atoms with Crippen LogP contribution in [0.5, 0.6) is 5.75 Å². The standard InChI is InChI=1S/C9H5BrClFN2O/c1-15-5-2-4(10)8-6(7(5)12)9(11)14-3-13-8/h2-3H,1H3.